The van der Waals surface area contributed by atoms with E-state index in [9.17, 15) is 13.2 Å². The Kier molecular flexibility index (Phi) is 8.11. The molecular weight excluding hydrogens is 477 g/mol. The average Bonchev–Trinajstić information content (AvgIpc) is 3.17. The zero-order chi connectivity index (χ0) is 25.8. The molecule has 0 atom stereocenters. The smallest absolute Gasteiger partial charge is 0.416 e. The minimum Gasteiger partial charge on any atom is -0.497 e. The number of benzene rings is 1. The number of nitrogens with one attached hydrogen (secondary N) is 1. The number of methoxy groups -OCH3 is 2. The Bertz CT molecular complexity index is 1190. The molecule has 0 aliphatic rings. The second-order valence-corrected chi connectivity index (χ2v) is 14.9. The Labute approximate surface area is 203 Å². The van der Waals surface area contributed by atoms with Gasteiger partial charge in [0.25, 0.3) is 0 Å². The molecule has 0 saturated carbocycles. The van der Waals surface area contributed by atoms with Crippen LogP contribution in [0.3, 0.4) is 0 Å². The molecule has 0 unspecified atom stereocenters. The van der Waals surface area contributed by atoms with E-state index < -0.39 is 19.8 Å². The Hall–Kier alpha value is -3.05. The fourth-order valence-corrected chi connectivity index (χ4v) is 4.21. The maximum Gasteiger partial charge on any atom is 0.416 e. The Morgan fingerprint density at radius 1 is 1.14 bits per heavy atom. The predicted molar refractivity (Wildman–Crippen MR) is 134 cm³/mol. The van der Waals surface area contributed by atoms with Crippen LogP contribution in [0.5, 0.6) is 11.5 Å². The third-order valence-corrected chi connectivity index (χ3v) is 7.19. The average molecular weight is 509 g/mol. The van der Waals surface area contributed by atoms with E-state index in [1.54, 1.807) is 30.9 Å². The third kappa shape index (κ3) is 6.54. The molecule has 2 heterocycles. The Morgan fingerprint density at radius 3 is 2.51 bits per heavy atom. The number of alkyl halides is 3. The van der Waals surface area contributed by atoms with E-state index in [1.165, 1.54) is 12.5 Å². The highest BCUT2D eigenvalue weighted by molar-refractivity contribution is 6.76. The van der Waals surface area contributed by atoms with Crippen LogP contribution in [0.15, 0.2) is 37.3 Å². The summed E-state index contributed by atoms with van der Waals surface area (Å²) in [6.07, 6.45) is -1.98. The number of halogens is 3. The fourth-order valence-electron chi connectivity index (χ4n) is 3.45. The van der Waals surface area contributed by atoms with Crippen LogP contribution in [0.25, 0.3) is 16.6 Å². The largest absolute Gasteiger partial charge is 0.497 e. The topological polar surface area (TPSA) is 70.4 Å². The molecule has 0 bridgehead atoms. The van der Waals surface area contributed by atoms with Crippen molar-refractivity contribution in [1.82, 2.24) is 14.5 Å². The SMILES string of the molecule is C=C(c1cn(COCC[Si](C)(C)C)c2c(NCc3ccc(OC)cc3OC)ncnc12)C(F)(F)F. The van der Waals surface area contributed by atoms with Gasteiger partial charge in [-0.3, -0.25) is 0 Å². The van der Waals surface area contributed by atoms with Crippen molar-refractivity contribution in [3.8, 4) is 11.5 Å². The fraction of sp³-hybridized carbons (Fsp3) is 0.417. The number of rotatable bonds is 11. The lowest BCUT2D eigenvalue weighted by Crippen LogP contribution is -2.22. The zero-order valence-electron chi connectivity index (χ0n) is 20.6. The van der Waals surface area contributed by atoms with E-state index in [1.807, 2.05) is 6.07 Å². The Balaban J connectivity index is 1.95. The first-order chi connectivity index (χ1) is 16.4. The maximum atomic E-state index is 13.5. The van der Waals surface area contributed by atoms with Gasteiger partial charge in [0, 0.05) is 44.6 Å². The van der Waals surface area contributed by atoms with Crippen LogP contribution >= 0.6 is 0 Å². The van der Waals surface area contributed by atoms with Gasteiger partial charge >= 0.3 is 6.18 Å². The quantitative estimate of drug-likeness (QED) is 0.255. The van der Waals surface area contributed by atoms with Crippen molar-refractivity contribution < 1.29 is 27.4 Å². The van der Waals surface area contributed by atoms with Crippen molar-refractivity contribution in [3.05, 3.63) is 48.4 Å². The van der Waals surface area contributed by atoms with E-state index in [0.717, 1.165) is 11.6 Å². The van der Waals surface area contributed by atoms with Gasteiger partial charge in [-0.15, -0.1) is 0 Å². The van der Waals surface area contributed by atoms with Crippen molar-refractivity contribution in [2.75, 3.05) is 26.1 Å². The number of ether oxygens (including phenoxy) is 3. The van der Waals surface area contributed by atoms with E-state index >= 15 is 0 Å². The monoisotopic (exact) mass is 508 g/mol. The maximum absolute atomic E-state index is 13.5. The van der Waals surface area contributed by atoms with Crippen LogP contribution in [0.1, 0.15) is 11.1 Å². The predicted octanol–water partition coefficient (Wildman–Crippen LogP) is 5.95. The molecule has 7 nitrogen and oxygen atoms in total. The van der Waals surface area contributed by atoms with E-state index in [-0.39, 0.29) is 17.8 Å². The molecule has 0 amide bonds. The van der Waals surface area contributed by atoms with Crippen molar-refractivity contribution in [1.29, 1.82) is 0 Å². The number of allylic oxidation sites excluding steroid dienone is 1. The van der Waals surface area contributed by atoms with Crippen LogP contribution in [-0.2, 0) is 18.0 Å². The van der Waals surface area contributed by atoms with Gasteiger partial charge < -0.3 is 24.1 Å². The first-order valence-electron chi connectivity index (χ1n) is 11.1. The van der Waals surface area contributed by atoms with Gasteiger partial charge in [0.15, 0.2) is 5.82 Å². The molecule has 0 spiro atoms. The normalized spacial score (nSPS) is 12.1. The minimum atomic E-state index is -4.59. The lowest BCUT2D eigenvalue weighted by molar-refractivity contribution is -0.0686. The Morgan fingerprint density at radius 2 is 1.89 bits per heavy atom. The summed E-state index contributed by atoms with van der Waals surface area (Å²) in [6, 6.07) is 6.34. The zero-order valence-corrected chi connectivity index (χ0v) is 21.6. The second-order valence-electron chi connectivity index (χ2n) is 9.29. The standard InChI is InChI=1S/C24H31F3N4O3Si/c1-16(24(25,26)27)19-13-31(15-34-9-10-35(4,5)6)22-21(19)29-14-30-23(22)28-12-17-7-8-18(32-2)11-20(17)33-3/h7-8,11,13-14H,1,9-10,12,15H2,2-6H3,(H,28,29,30). The van der Waals surface area contributed by atoms with Crippen LogP contribution in [-0.4, -0.2) is 49.6 Å². The van der Waals surface area contributed by atoms with Crippen LogP contribution in [0.2, 0.25) is 25.7 Å². The summed E-state index contributed by atoms with van der Waals surface area (Å²) in [4.78, 5) is 8.46. The molecule has 1 N–H and O–H groups in total. The lowest BCUT2D eigenvalue weighted by atomic mass is 10.1. The second kappa shape index (κ2) is 10.7. The summed E-state index contributed by atoms with van der Waals surface area (Å²) in [7, 11) is 1.80. The van der Waals surface area contributed by atoms with Gasteiger partial charge in [-0.2, -0.15) is 13.2 Å². The number of fused-ring (bicyclic) bond motifs is 1. The molecule has 0 saturated heterocycles. The van der Waals surface area contributed by atoms with Gasteiger partial charge in [-0.05, 0) is 18.2 Å². The van der Waals surface area contributed by atoms with Gasteiger partial charge in [0.2, 0.25) is 0 Å². The summed E-state index contributed by atoms with van der Waals surface area (Å²) in [6.45, 7) is 10.9. The molecule has 3 aromatic rings. The molecule has 1 aromatic carbocycles. The molecular formula is C24H31F3N4O3Si. The lowest BCUT2D eigenvalue weighted by Gasteiger charge is -2.16. The molecule has 0 aliphatic heterocycles. The number of hydrogen-bond acceptors (Lipinski definition) is 6. The van der Waals surface area contributed by atoms with E-state index in [4.69, 9.17) is 14.2 Å². The minimum absolute atomic E-state index is 0.0695. The van der Waals surface area contributed by atoms with Gasteiger partial charge in [-0.25, -0.2) is 9.97 Å². The number of anilines is 1. The highest BCUT2D eigenvalue weighted by Gasteiger charge is 2.35. The summed E-state index contributed by atoms with van der Waals surface area (Å²) in [5.74, 6) is 1.64. The van der Waals surface area contributed by atoms with E-state index in [2.05, 4.69) is 41.5 Å². The molecule has 35 heavy (non-hydrogen) atoms. The summed E-state index contributed by atoms with van der Waals surface area (Å²) in [5.41, 5.74) is 0.316. The molecule has 0 fully saturated rings. The van der Waals surface area contributed by atoms with Crippen LogP contribution in [0, 0.1) is 0 Å². The molecule has 11 heteroatoms. The van der Waals surface area contributed by atoms with Gasteiger partial charge in [0.1, 0.15) is 35.6 Å². The summed E-state index contributed by atoms with van der Waals surface area (Å²) >= 11 is 0. The van der Waals surface area contributed by atoms with Crippen molar-refractivity contribution in [2.24, 2.45) is 0 Å². The molecule has 2 aromatic heterocycles. The molecule has 0 radical (unpaired) electrons. The number of nitrogens with zero attached hydrogens (tertiary/aromatic N) is 3. The van der Waals surface area contributed by atoms with Crippen molar-refractivity contribution in [3.63, 3.8) is 0 Å². The van der Waals surface area contributed by atoms with Gasteiger partial charge in [0.05, 0.1) is 19.8 Å². The molecule has 3 rings (SSSR count). The summed E-state index contributed by atoms with van der Waals surface area (Å²) in [5, 5.41) is 3.21. The highest BCUT2D eigenvalue weighted by Crippen LogP contribution is 2.37. The third-order valence-electron chi connectivity index (χ3n) is 5.48. The number of hydrogen-bond donors (Lipinski definition) is 1. The van der Waals surface area contributed by atoms with Crippen LogP contribution in [0.4, 0.5) is 19.0 Å². The van der Waals surface area contributed by atoms with Crippen LogP contribution < -0.4 is 14.8 Å². The van der Waals surface area contributed by atoms with Gasteiger partial charge in [-0.1, -0.05) is 26.2 Å². The van der Waals surface area contributed by atoms with Crippen molar-refractivity contribution >= 4 is 30.5 Å². The molecule has 0 aliphatic carbocycles. The first-order valence-corrected chi connectivity index (χ1v) is 14.8. The molecule has 190 valence electrons. The highest BCUT2D eigenvalue weighted by atomic mass is 28.3. The number of aromatic nitrogens is 3. The summed E-state index contributed by atoms with van der Waals surface area (Å²) < 4.78 is 58.6. The van der Waals surface area contributed by atoms with E-state index in [0.29, 0.717) is 36.0 Å². The van der Waals surface area contributed by atoms with Crippen molar-refractivity contribution in [2.45, 2.75) is 45.1 Å². The first kappa shape index (κ1) is 26.5.